The maximum absolute atomic E-state index is 12.2. The summed E-state index contributed by atoms with van der Waals surface area (Å²) in [6.45, 7) is 1.26. The van der Waals surface area contributed by atoms with E-state index in [2.05, 4.69) is 26.2 Å². The van der Waals surface area contributed by atoms with E-state index in [-0.39, 0.29) is 11.4 Å². The van der Waals surface area contributed by atoms with E-state index in [9.17, 15) is 4.79 Å². The molecule has 1 aliphatic heterocycles. The maximum Gasteiger partial charge on any atom is 0.253 e. The first-order valence-corrected chi connectivity index (χ1v) is 7.05. The van der Waals surface area contributed by atoms with E-state index in [1.807, 2.05) is 0 Å². The van der Waals surface area contributed by atoms with E-state index < -0.39 is 0 Å². The highest BCUT2D eigenvalue weighted by Gasteiger charge is 2.33. The van der Waals surface area contributed by atoms with Gasteiger partial charge in [0.15, 0.2) is 0 Å². The van der Waals surface area contributed by atoms with Crippen molar-refractivity contribution in [3.8, 4) is 0 Å². The second-order valence-corrected chi connectivity index (χ2v) is 5.56. The number of amides is 1. The average molecular weight is 334 g/mol. The van der Waals surface area contributed by atoms with Gasteiger partial charge in [-0.15, -0.1) is 11.6 Å². The van der Waals surface area contributed by atoms with Gasteiger partial charge in [-0.1, -0.05) is 0 Å². The van der Waals surface area contributed by atoms with Gasteiger partial charge in [-0.2, -0.15) is 0 Å². The molecule has 0 saturated carbocycles. The van der Waals surface area contributed by atoms with Crippen molar-refractivity contribution in [3.63, 3.8) is 0 Å². The molecule has 18 heavy (non-hydrogen) atoms. The third kappa shape index (κ3) is 3.22. The fourth-order valence-corrected chi connectivity index (χ4v) is 2.60. The lowest BCUT2D eigenvalue weighted by molar-refractivity contribution is 0.0433. The van der Waals surface area contributed by atoms with Crippen LogP contribution < -0.4 is 5.32 Å². The van der Waals surface area contributed by atoms with Gasteiger partial charge in [0.05, 0.1) is 11.1 Å². The quantitative estimate of drug-likeness (QED) is 0.864. The average Bonchev–Trinajstić information content (AvgIpc) is 2.40. The zero-order chi connectivity index (χ0) is 13.0. The molecule has 0 atom stereocenters. The van der Waals surface area contributed by atoms with Crippen LogP contribution in [-0.4, -0.2) is 35.5 Å². The predicted molar refractivity (Wildman–Crippen MR) is 72.9 cm³/mol. The molecule has 1 saturated heterocycles. The highest BCUT2D eigenvalue weighted by atomic mass is 79.9. The van der Waals surface area contributed by atoms with Crippen LogP contribution >= 0.6 is 27.5 Å². The molecule has 4 nitrogen and oxygen atoms in total. The number of pyridine rings is 1. The fraction of sp³-hybridized carbons (Fsp3) is 0.500. The standard InChI is InChI=1S/C12H14BrClN2O2/c13-10-5-9(6-15-7-10)11(17)16-12(8-14)1-3-18-4-2-12/h5-7H,1-4,8H2,(H,16,17). The Balaban J connectivity index is 2.10. The molecule has 0 unspecified atom stereocenters. The molecule has 0 aliphatic carbocycles. The third-order valence-corrected chi connectivity index (χ3v) is 4.00. The molecule has 0 aromatic carbocycles. The van der Waals surface area contributed by atoms with E-state index in [0.717, 1.165) is 17.3 Å². The normalized spacial score (nSPS) is 18.3. The first-order valence-electron chi connectivity index (χ1n) is 5.72. The molecule has 6 heteroatoms. The molecule has 2 heterocycles. The van der Waals surface area contributed by atoms with Gasteiger partial charge in [0.1, 0.15) is 0 Å². The Morgan fingerprint density at radius 1 is 1.50 bits per heavy atom. The topological polar surface area (TPSA) is 51.2 Å². The molecule has 0 radical (unpaired) electrons. The summed E-state index contributed by atoms with van der Waals surface area (Å²) in [5, 5.41) is 3.01. The van der Waals surface area contributed by atoms with E-state index in [4.69, 9.17) is 16.3 Å². The lowest BCUT2D eigenvalue weighted by Gasteiger charge is -2.36. The van der Waals surface area contributed by atoms with Crippen LogP contribution in [0.1, 0.15) is 23.2 Å². The number of nitrogens with zero attached hydrogens (tertiary/aromatic N) is 1. The number of nitrogens with one attached hydrogen (secondary N) is 1. The summed E-state index contributed by atoms with van der Waals surface area (Å²) >= 11 is 9.30. The van der Waals surface area contributed by atoms with Crippen molar-refractivity contribution in [1.82, 2.24) is 10.3 Å². The zero-order valence-electron chi connectivity index (χ0n) is 9.79. The number of halogens is 2. The number of carbonyl (C=O) groups excluding carboxylic acids is 1. The molecule has 1 amide bonds. The van der Waals surface area contributed by atoms with Gasteiger partial charge < -0.3 is 10.1 Å². The van der Waals surface area contributed by atoms with Gasteiger partial charge in [-0.3, -0.25) is 9.78 Å². The van der Waals surface area contributed by atoms with Gasteiger partial charge in [-0.05, 0) is 34.8 Å². The van der Waals surface area contributed by atoms with Crippen LogP contribution in [0.2, 0.25) is 0 Å². The lowest BCUT2D eigenvalue weighted by Crippen LogP contribution is -2.53. The van der Waals surface area contributed by atoms with Crippen LogP contribution in [0.15, 0.2) is 22.9 Å². The number of hydrogen-bond acceptors (Lipinski definition) is 3. The van der Waals surface area contributed by atoms with Crippen LogP contribution in [0.5, 0.6) is 0 Å². The van der Waals surface area contributed by atoms with Crippen molar-refractivity contribution in [2.24, 2.45) is 0 Å². The summed E-state index contributed by atoms with van der Waals surface area (Å²) in [5.41, 5.74) is 0.166. The van der Waals surface area contributed by atoms with E-state index in [1.54, 1.807) is 18.5 Å². The minimum atomic E-state index is -0.362. The smallest absolute Gasteiger partial charge is 0.253 e. The summed E-state index contributed by atoms with van der Waals surface area (Å²) in [7, 11) is 0. The number of ether oxygens (including phenoxy) is 1. The van der Waals surface area contributed by atoms with Gasteiger partial charge in [0.25, 0.3) is 5.91 Å². The third-order valence-electron chi connectivity index (χ3n) is 3.05. The Bertz CT molecular complexity index is 436. The molecule has 1 aromatic rings. The van der Waals surface area contributed by atoms with Gasteiger partial charge in [-0.25, -0.2) is 0 Å². The molecule has 1 N–H and O–H groups in total. The van der Waals surface area contributed by atoms with Crippen LogP contribution in [0, 0.1) is 0 Å². The number of hydrogen-bond donors (Lipinski definition) is 1. The highest BCUT2D eigenvalue weighted by molar-refractivity contribution is 9.10. The molecule has 2 rings (SSSR count). The lowest BCUT2D eigenvalue weighted by atomic mass is 9.92. The Hall–Kier alpha value is -0.650. The van der Waals surface area contributed by atoms with Crippen molar-refractivity contribution < 1.29 is 9.53 Å². The van der Waals surface area contributed by atoms with Crippen molar-refractivity contribution in [3.05, 3.63) is 28.5 Å². The monoisotopic (exact) mass is 332 g/mol. The molecule has 1 fully saturated rings. The van der Waals surface area contributed by atoms with Crippen LogP contribution in [0.3, 0.4) is 0 Å². The van der Waals surface area contributed by atoms with Gasteiger partial charge in [0.2, 0.25) is 0 Å². The summed E-state index contributed by atoms with van der Waals surface area (Å²) in [6, 6.07) is 1.74. The first kappa shape index (κ1) is 13.8. The molecule has 1 aromatic heterocycles. The van der Waals surface area contributed by atoms with Crippen molar-refractivity contribution in [2.45, 2.75) is 18.4 Å². The summed E-state index contributed by atoms with van der Waals surface area (Å²) in [6.07, 6.45) is 4.66. The summed E-state index contributed by atoms with van der Waals surface area (Å²) < 4.78 is 6.08. The van der Waals surface area contributed by atoms with Gasteiger partial charge >= 0.3 is 0 Å². The van der Waals surface area contributed by atoms with Crippen LogP contribution in [-0.2, 0) is 4.74 Å². The molecule has 0 bridgehead atoms. The zero-order valence-corrected chi connectivity index (χ0v) is 12.1. The highest BCUT2D eigenvalue weighted by Crippen LogP contribution is 2.23. The second kappa shape index (κ2) is 5.99. The van der Waals surface area contributed by atoms with Gasteiger partial charge in [0, 0.05) is 36.0 Å². The second-order valence-electron chi connectivity index (χ2n) is 4.37. The van der Waals surface area contributed by atoms with Crippen molar-refractivity contribution in [1.29, 1.82) is 0 Å². The first-order chi connectivity index (χ1) is 8.65. The molecular weight excluding hydrogens is 320 g/mol. The predicted octanol–water partition coefficient (Wildman–Crippen LogP) is 2.36. The van der Waals surface area contributed by atoms with Crippen LogP contribution in [0.25, 0.3) is 0 Å². The summed E-state index contributed by atoms with van der Waals surface area (Å²) in [5.74, 6) is 0.245. The number of carbonyl (C=O) groups is 1. The van der Waals surface area contributed by atoms with E-state index in [0.29, 0.717) is 24.7 Å². The minimum Gasteiger partial charge on any atom is -0.381 e. The Morgan fingerprint density at radius 3 is 2.83 bits per heavy atom. The molecule has 98 valence electrons. The fourth-order valence-electron chi connectivity index (χ4n) is 1.90. The van der Waals surface area contributed by atoms with Crippen molar-refractivity contribution >= 4 is 33.4 Å². The number of aromatic nitrogens is 1. The Kier molecular flexibility index (Phi) is 4.59. The number of alkyl halides is 1. The maximum atomic E-state index is 12.2. The summed E-state index contributed by atoms with van der Waals surface area (Å²) in [4.78, 5) is 16.1. The van der Waals surface area contributed by atoms with Crippen molar-refractivity contribution in [2.75, 3.05) is 19.1 Å². The van der Waals surface area contributed by atoms with E-state index in [1.165, 1.54) is 0 Å². The molecule has 0 spiro atoms. The Morgan fingerprint density at radius 2 is 2.22 bits per heavy atom. The SMILES string of the molecule is O=C(NC1(CCl)CCOCC1)c1cncc(Br)c1. The van der Waals surface area contributed by atoms with Crippen LogP contribution in [0.4, 0.5) is 0 Å². The molecular formula is C12H14BrClN2O2. The Labute approximate surface area is 119 Å². The van der Waals surface area contributed by atoms with E-state index >= 15 is 0 Å². The number of rotatable bonds is 3. The molecule has 1 aliphatic rings. The minimum absolute atomic E-state index is 0.147. The largest absolute Gasteiger partial charge is 0.381 e.